The molecule has 0 aliphatic carbocycles. The lowest BCUT2D eigenvalue weighted by atomic mass is 10.1. The number of hydrogen-bond acceptors (Lipinski definition) is 4. The van der Waals surface area contributed by atoms with Gasteiger partial charge in [0.25, 0.3) is 0 Å². The van der Waals surface area contributed by atoms with E-state index in [1.54, 1.807) is 6.07 Å². The molecule has 3 N–H and O–H groups in total. The first-order valence-corrected chi connectivity index (χ1v) is 3.55. The maximum Gasteiger partial charge on any atom is 0.194 e. The summed E-state index contributed by atoms with van der Waals surface area (Å²) in [5.74, 6) is -0.246. The van der Waals surface area contributed by atoms with Gasteiger partial charge in [-0.3, -0.25) is 4.79 Å². The summed E-state index contributed by atoms with van der Waals surface area (Å²) in [6.45, 7) is 1.40. The normalized spacial score (nSPS) is 12.5. The summed E-state index contributed by atoms with van der Waals surface area (Å²) in [7, 11) is 0. The summed E-state index contributed by atoms with van der Waals surface area (Å²) in [6.07, 6.45) is 0.463. The zero-order valence-corrected chi connectivity index (χ0v) is 6.69. The Bertz CT molecular complexity index is 297. The van der Waals surface area contributed by atoms with Crippen LogP contribution in [0.25, 0.3) is 0 Å². The molecule has 0 spiro atoms. The molecule has 0 amide bonds. The van der Waals surface area contributed by atoms with Gasteiger partial charge in [-0.1, -0.05) is 0 Å². The van der Waals surface area contributed by atoms with E-state index in [9.17, 15) is 4.79 Å². The Morgan fingerprint density at radius 2 is 2.42 bits per heavy atom. The molecule has 12 heavy (non-hydrogen) atoms. The van der Waals surface area contributed by atoms with Crippen LogP contribution in [0.3, 0.4) is 0 Å². The van der Waals surface area contributed by atoms with E-state index in [0.717, 1.165) is 0 Å². The first-order valence-electron chi connectivity index (χ1n) is 3.55. The highest BCUT2D eigenvalue weighted by atomic mass is 16.3. The molecule has 0 fully saturated rings. The number of ketones is 1. The zero-order chi connectivity index (χ0) is 9.14. The molecule has 0 aliphatic heterocycles. The molecule has 0 aromatic carbocycles. The minimum absolute atomic E-state index is 0.156. The summed E-state index contributed by atoms with van der Waals surface area (Å²) in [5, 5.41) is 8.97. The number of hydrogen-bond donors (Lipinski definition) is 2. The third-order valence-corrected chi connectivity index (χ3v) is 1.48. The fraction of sp³-hybridized carbons (Fsp3) is 0.250. The molecule has 1 heterocycles. The van der Waals surface area contributed by atoms with Crippen LogP contribution in [0, 0.1) is 0 Å². The van der Waals surface area contributed by atoms with Gasteiger partial charge in [-0.25, -0.2) is 4.98 Å². The Kier molecular flexibility index (Phi) is 2.40. The standard InChI is InChI=1S/C8H10N2O2/c1-5(11)7(12)6-3-2-4-10-8(6)9/h2-5,11H,1H3,(H2,9,10). The van der Waals surface area contributed by atoms with Gasteiger partial charge in [-0.2, -0.15) is 0 Å². The van der Waals surface area contributed by atoms with E-state index in [2.05, 4.69) is 4.98 Å². The SMILES string of the molecule is CC(O)C(=O)c1cccnc1N. The molecule has 1 aromatic heterocycles. The van der Waals surface area contributed by atoms with Gasteiger partial charge < -0.3 is 10.8 Å². The van der Waals surface area contributed by atoms with E-state index in [4.69, 9.17) is 10.8 Å². The van der Waals surface area contributed by atoms with E-state index in [1.165, 1.54) is 19.2 Å². The summed E-state index contributed by atoms with van der Waals surface area (Å²) in [6, 6.07) is 3.14. The molecule has 0 radical (unpaired) electrons. The third-order valence-electron chi connectivity index (χ3n) is 1.48. The van der Waals surface area contributed by atoms with Gasteiger partial charge in [0.05, 0.1) is 5.56 Å². The topological polar surface area (TPSA) is 76.2 Å². The molecule has 4 heteroatoms. The largest absolute Gasteiger partial charge is 0.385 e. The number of Topliss-reactive ketones (excluding diaryl/α,β-unsaturated/α-hetero) is 1. The average Bonchev–Trinajstić information content (AvgIpc) is 2.04. The Morgan fingerprint density at radius 3 is 2.92 bits per heavy atom. The number of aliphatic hydroxyl groups is 1. The molecule has 1 unspecified atom stereocenters. The molecular formula is C8H10N2O2. The predicted octanol–water partition coefficient (Wildman–Crippen LogP) is 0.227. The maximum atomic E-state index is 11.2. The predicted molar refractivity (Wildman–Crippen MR) is 44.7 cm³/mol. The molecule has 0 saturated carbocycles. The van der Waals surface area contributed by atoms with Crippen LogP contribution in [0.2, 0.25) is 0 Å². The first kappa shape index (κ1) is 8.67. The van der Waals surface area contributed by atoms with Crippen molar-refractivity contribution in [1.29, 1.82) is 0 Å². The van der Waals surface area contributed by atoms with Gasteiger partial charge in [0.1, 0.15) is 11.9 Å². The highest BCUT2D eigenvalue weighted by molar-refractivity contribution is 6.02. The highest BCUT2D eigenvalue weighted by Crippen LogP contribution is 2.09. The van der Waals surface area contributed by atoms with Gasteiger partial charge in [-0.05, 0) is 19.1 Å². The fourth-order valence-electron chi connectivity index (χ4n) is 0.851. The summed E-state index contributed by atoms with van der Waals surface area (Å²) in [5.41, 5.74) is 5.69. The molecule has 4 nitrogen and oxygen atoms in total. The van der Waals surface area contributed by atoms with Crippen molar-refractivity contribution in [2.45, 2.75) is 13.0 Å². The summed E-state index contributed by atoms with van der Waals surface area (Å²) in [4.78, 5) is 14.9. The lowest BCUT2D eigenvalue weighted by Crippen LogP contribution is -2.18. The van der Waals surface area contributed by atoms with Crippen LogP contribution in [0.1, 0.15) is 17.3 Å². The van der Waals surface area contributed by atoms with Gasteiger partial charge in [0.2, 0.25) is 0 Å². The molecule has 1 aromatic rings. The van der Waals surface area contributed by atoms with Crippen molar-refractivity contribution in [1.82, 2.24) is 4.98 Å². The number of nitrogen functional groups attached to an aromatic ring is 1. The third kappa shape index (κ3) is 1.60. The number of pyridine rings is 1. The Morgan fingerprint density at radius 1 is 1.75 bits per heavy atom. The molecule has 1 atom stereocenters. The van der Waals surface area contributed by atoms with Crippen LogP contribution < -0.4 is 5.73 Å². The van der Waals surface area contributed by atoms with E-state index in [1.807, 2.05) is 0 Å². The lowest BCUT2D eigenvalue weighted by molar-refractivity contribution is 0.0780. The molecule has 0 bridgehead atoms. The second kappa shape index (κ2) is 3.32. The number of anilines is 1. The van der Waals surface area contributed by atoms with Crippen LogP contribution in [0.5, 0.6) is 0 Å². The molecule has 64 valence electrons. The fourth-order valence-corrected chi connectivity index (χ4v) is 0.851. The van der Waals surface area contributed by atoms with Crippen LogP contribution in [0.4, 0.5) is 5.82 Å². The van der Waals surface area contributed by atoms with E-state index in [-0.39, 0.29) is 11.4 Å². The quantitative estimate of drug-likeness (QED) is 0.616. The monoisotopic (exact) mass is 166 g/mol. The molecule has 1 rings (SSSR count). The smallest absolute Gasteiger partial charge is 0.194 e. The van der Waals surface area contributed by atoms with E-state index < -0.39 is 11.9 Å². The second-order valence-corrected chi connectivity index (χ2v) is 2.48. The number of carbonyl (C=O) groups excluding carboxylic acids is 1. The van der Waals surface area contributed by atoms with Crippen LogP contribution >= 0.6 is 0 Å². The zero-order valence-electron chi connectivity index (χ0n) is 6.69. The minimum atomic E-state index is -1.03. The number of nitrogens with two attached hydrogens (primary N) is 1. The van der Waals surface area contributed by atoms with Crippen molar-refractivity contribution in [2.24, 2.45) is 0 Å². The maximum absolute atomic E-state index is 11.2. The lowest BCUT2D eigenvalue weighted by Gasteiger charge is -2.04. The van der Waals surface area contributed by atoms with Gasteiger partial charge in [-0.15, -0.1) is 0 Å². The van der Waals surface area contributed by atoms with Crippen LogP contribution in [0.15, 0.2) is 18.3 Å². The van der Waals surface area contributed by atoms with Gasteiger partial charge in [0.15, 0.2) is 5.78 Å². The van der Waals surface area contributed by atoms with Crippen molar-refractivity contribution >= 4 is 11.6 Å². The number of nitrogens with zero attached hydrogens (tertiary/aromatic N) is 1. The molecule has 0 aliphatic rings. The van der Waals surface area contributed by atoms with Gasteiger partial charge >= 0.3 is 0 Å². The Labute approximate surface area is 70.0 Å². The number of carbonyl (C=O) groups is 1. The first-order chi connectivity index (χ1) is 5.63. The van der Waals surface area contributed by atoms with E-state index in [0.29, 0.717) is 0 Å². The summed E-state index contributed by atoms with van der Waals surface area (Å²) >= 11 is 0. The average molecular weight is 166 g/mol. The van der Waals surface area contributed by atoms with Crippen molar-refractivity contribution in [3.63, 3.8) is 0 Å². The molecular weight excluding hydrogens is 156 g/mol. The van der Waals surface area contributed by atoms with Crippen molar-refractivity contribution < 1.29 is 9.90 Å². The van der Waals surface area contributed by atoms with Crippen molar-refractivity contribution in [3.05, 3.63) is 23.9 Å². The summed E-state index contributed by atoms with van der Waals surface area (Å²) < 4.78 is 0. The highest BCUT2D eigenvalue weighted by Gasteiger charge is 2.14. The number of aliphatic hydroxyl groups excluding tert-OH is 1. The van der Waals surface area contributed by atoms with E-state index >= 15 is 0 Å². The van der Waals surface area contributed by atoms with Crippen molar-refractivity contribution in [2.75, 3.05) is 5.73 Å². The Hall–Kier alpha value is -1.42. The second-order valence-electron chi connectivity index (χ2n) is 2.48. The number of rotatable bonds is 2. The Balaban J connectivity index is 3.03. The minimum Gasteiger partial charge on any atom is -0.385 e. The van der Waals surface area contributed by atoms with Crippen LogP contribution in [-0.2, 0) is 0 Å². The van der Waals surface area contributed by atoms with Gasteiger partial charge in [0, 0.05) is 6.20 Å². The number of aromatic nitrogens is 1. The van der Waals surface area contributed by atoms with Crippen molar-refractivity contribution in [3.8, 4) is 0 Å². The molecule has 0 saturated heterocycles. The van der Waals surface area contributed by atoms with Crippen LogP contribution in [-0.4, -0.2) is 22.0 Å².